The third kappa shape index (κ3) is 79.1. The minimum atomic E-state index is -4.66. The first-order valence-electron chi connectivity index (χ1n) is 39.9. The maximum atomic E-state index is 12.9. The lowest BCUT2D eigenvalue weighted by molar-refractivity contribution is -0.870. The quantitative estimate of drug-likeness (QED) is 0.0195. The normalized spacial score (nSPS) is 13.8. The lowest BCUT2D eigenvalue weighted by Gasteiger charge is -2.28. The lowest BCUT2D eigenvalue weighted by atomic mass is 10.0. The van der Waals surface area contributed by atoms with E-state index in [4.69, 9.17) is 18.5 Å². The molecule has 0 aliphatic rings. The molecular weight excluding hydrogens is 1210 g/mol. The van der Waals surface area contributed by atoms with Gasteiger partial charge in [-0.15, -0.1) is 0 Å². The Morgan fingerprint density at radius 1 is 0.333 bits per heavy atom. The number of hydrogen-bond donors (Lipinski definition) is 0. The molecule has 0 aromatic carbocycles. The maximum Gasteiger partial charge on any atom is 0.306 e. The van der Waals surface area contributed by atoms with Crippen molar-refractivity contribution < 1.29 is 42.1 Å². The van der Waals surface area contributed by atoms with Crippen LogP contribution >= 0.6 is 7.82 Å². The third-order valence-corrected chi connectivity index (χ3v) is 18.1. The molecule has 0 aromatic heterocycles. The van der Waals surface area contributed by atoms with Crippen molar-refractivity contribution in [2.45, 2.75) is 354 Å². The Balaban J connectivity index is 4.00. The SMILES string of the molecule is CC/C=C\C/C=C\C/C=C\C/C=C\C/C=C\C/C=C\C/C=C\C/C=C\C/C=C\CCCCCC(=O)OC(COC(=O)CCCCCCCCCCCCCCCCCCCCCCCCCCCCCCC/C=C\C/C=C\CCCCCCC)COP(=O)([O-])OCC[N+](C)(C)C. The van der Waals surface area contributed by atoms with Gasteiger partial charge in [0, 0.05) is 12.8 Å². The van der Waals surface area contributed by atoms with Crippen LogP contribution in [0.4, 0.5) is 0 Å². The molecule has 0 bridgehead atoms. The molecule has 0 rings (SSSR count). The summed E-state index contributed by atoms with van der Waals surface area (Å²) in [4.78, 5) is 38.1. The van der Waals surface area contributed by atoms with E-state index < -0.39 is 32.5 Å². The van der Waals surface area contributed by atoms with Gasteiger partial charge in [0.15, 0.2) is 6.10 Å². The van der Waals surface area contributed by atoms with E-state index in [1.54, 1.807) is 0 Å². The Bertz CT molecular complexity index is 2090. The molecule has 552 valence electrons. The number of unbranched alkanes of at least 4 members (excludes halogenated alkanes) is 37. The topological polar surface area (TPSA) is 111 Å². The Labute approximate surface area is 593 Å². The van der Waals surface area contributed by atoms with Crippen LogP contribution in [-0.4, -0.2) is 70.0 Å². The van der Waals surface area contributed by atoms with Gasteiger partial charge in [-0.2, -0.15) is 0 Å². The molecule has 0 saturated carbocycles. The van der Waals surface area contributed by atoms with Gasteiger partial charge in [0.2, 0.25) is 0 Å². The van der Waals surface area contributed by atoms with E-state index in [1.807, 2.05) is 21.1 Å². The van der Waals surface area contributed by atoms with Crippen molar-refractivity contribution in [3.05, 3.63) is 134 Å². The molecule has 0 aliphatic heterocycles. The second kappa shape index (κ2) is 75.4. The van der Waals surface area contributed by atoms with Gasteiger partial charge >= 0.3 is 11.9 Å². The van der Waals surface area contributed by atoms with Crippen molar-refractivity contribution in [3.8, 4) is 0 Å². The number of likely N-dealkylation sites (N-methyl/N-ethyl adjacent to an activating group) is 1. The number of hydrogen-bond acceptors (Lipinski definition) is 8. The van der Waals surface area contributed by atoms with Crippen LogP contribution in [0.1, 0.15) is 348 Å². The van der Waals surface area contributed by atoms with Gasteiger partial charge in [-0.05, 0) is 116 Å². The van der Waals surface area contributed by atoms with Crippen molar-refractivity contribution in [2.75, 3.05) is 47.5 Å². The molecule has 0 aromatic rings. The van der Waals surface area contributed by atoms with Gasteiger partial charge in [0.25, 0.3) is 7.82 Å². The van der Waals surface area contributed by atoms with E-state index >= 15 is 0 Å². The number of carbonyl (C=O) groups excluding carboxylic acids is 2. The summed E-state index contributed by atoms with van der Waals surface area (Å²) in [6.07, 6.45) is 110. The van der Waals surface area contributed by atoms with Crippen LogP contribution < -0.4 is 4.89 Å². The summed E-state index contributed by atoms with van der Waals surface area (Å²) in [6.45, 7) is 4.10. The van der Waals surface area contributed by atoms with E-state index in [9.17, 15) is 19.0 Å². The largest absolute Gasteiger partial charge is 0.756 e. The average Bonchev–Trinajstić information content (AvgIpc) is 1.97. The number of rotatable bonds is 73. The first-order valence-corrected chi connectivity index (χ1v) is 41.4. The highest BCUT2D eigenvalue weighted by atomic mass is 31.2. The molecule has 0 radical (unpaired) electrons. The first-order chi connectivity index (χ1) is 47.0. The van der Waals surface area contributed by atoms with Gasteiger partial charge in [-0.1, -0.05) is 353 Å². The van der Waals surface area contributed by atoms with Crippen LogP contribution in [0.5, 0.6) is 0 Å². The predicted octanol–water partition coefficient (Wildman–Crippen LogP) is 26.1. The molecule has 0 fully saturated rings. The number of allylic oxidation sites excluding steroid dienone is 22. The van der Waals surface area contributed by atoms with Gasteiger partial charge in [-0.3, -0.25) is 14.2 Å². The van der Waals surface area contributed by atoms with E-state index in [1.165, 1.54) is 212 Å². The van der Waals surface area contributed by atoms with Gasteiger partial charge in [-0.25, -0.2) is 0 Å². The van der Waals surface area contributed by atoms with E-state index in [2.05, 4.69) is 148 Å². The summed E-state index contributed by atoms with van der Waals surface area (Å²) in [6, 6.07) is 0. The smallest absolute Gasteiger partial charge is 0.306 e. The summed E-state index contributed by atoms with van der Waals surface area (Å²) < 4.78 is 34.3. The molecule has 0 amide bonds. The number of phosphoric ester groups is 1. The molecule has 0 saturated heterocycles. The van der Waals surface area contributed by atoms with Gasteiger partial charge in [0.05, 0.1) is 27.7 Å². The Morgan fingerprint density at radius 2 is 0.594 bits per heavy atom. The highest BCUT2D eigenvalue weighted by molar-refractivity contribution is 7.45. The Hall–Kier alpha value is -3.85. The summed E-state index contributed by atoms with van der Waals surface area (Å²) in [7, 11) is 1.14. The predicted molar refractivity (Wildman–Crippen MR) is 415 cm³/mol. The monoisotopic (exact) mass is 1360 g/mol. The standard InChI is InChI=1S/C86H150NO8P/c1-6-8-10-12-14-16-18-20-22-24-26-28-30-32-34-36-38-39-40-41-42-43-44-45-46-47-49-50-52-54-56-58-60-62-64-66-68-70-72-74-76-78-85(88)92-82-84(83-94-96(90,91)93-81-80-87(3,4)5)95-86(89)79-77-75-73-71-69-67-65-63-61-59-57-55-53-51-48-37-35-33-31-29-27-25-23-21-19-17-15-13-11-9-7-2/h9,11,15,17-18,20-21,23-24,26-27,29,33,35,48,51,55,57,61,63,67,69,84H,6-8,10,12-14,16,19,22,25,28,30-32,34,36-47,49-50,52-54,56,58-60,62,64-66,68,70-83H2,1-5H3/b11-9-,17-15-,20-18-,23-21-,26-24-,29-27-,35-33-,51-48-,57-55-,63-61-,69-67-. The van der Waals surface area contributed by atoms with Crippen molar-refractivity contribution in [1.29, 1.82) is 0 Å². The van der Waals surface area contributed by atoms with Crippen LogP contribution in [0.15, 0.2) is 134 Å². The van der Waals surface area contributed by atoms with E-state index in [0.717, 1.165) is 103 Å². The second-order valence-electron chi connectivity index (χ2n) is 27.7. The van der Waals surface area contributed by atoms with Crippen LogP contribution in [0, 0.1) is 0 Å². The minimum Gasteiger partial charge on any atom is -0.756 e. The molecule has 9 nitrogen and oxygen atoms in total. The number of quaternary nitrogens is 1. The zero-order valence-electron chi connectivity index (χ0n) is 63.0. The fourth-order valence-corrected chi connectivity index (χ4v) is 11.8. The second-order valence-corrected chi connectivity index (χ2v) is 29.1. The molecule has 0 heterocycles. The van der Waals surface area contributed by atoms with Crippen molar-refractivity contribution in [1.82, 2.24) is 0 Å². The summed E-state index contributed by atoms with van der Waals surface area (Å²) in [5.74, 6) is -0.868. The van der Waals surface area contributed by atoms with Gasteiger partial charge in [0.1, 0.15) is 19.8 Å². The highest BCUT2D eigenvalue weighted by Gasteiger charge is 2.22. The van der Waals surface area contributed by atoms with Crippen molar-refractivity contribution >= 4 is 19.8 Å². The van der Waals surface area contributed by atoms with Crippen LogP contribution in [-0.2, 0) is 32.7 Å². The molecular formula is C86H150NO8P. The zero-order chi connectivity index (χ0) is 69.7. The summed E-state index contributed by atoms with van der Waals surface area (Å²) >= 11 is 0. The van der Waals surface area contributed by atoms with Crippen molar-refractivity contribution in [2.24, 2.45) is 0 Å². The number of nitrogens with zero attached hydrogens (tertiary/aromatic N) is 1. The molecule has 0 spiro atoms. The third-order valence-electron chi connectivity index (χ3n) is 17.2. The Kier molecular flexibility index (Phi) is 72.3. The first kappa shape index (κ1) is 92.2. The maximum absolute atomic E-state index is 12.9. The number of ether oxygens (including phenoxy) is 2. The average molecular weight is 1360 g/mol. The minimum absolute atomic E-state index is 0.0429. The fraction of sp³-hybridized carbons (Fsp3) is 0.721. The van der Waals surface area contributed by atoms with Crippen LogP contribution in [0.3, 0.4) is 0 Å². The van der Waals surface area contributed by atoms with Crippen LogP contribution in [0.2, 0.25) is 0 Å². The number of esters is 2. The molecule has 2 atom stereocenters. The molecule has 10 heteroatoms. The van der Waals surface area contributed by atoms with Crippen LogP contribution in [0.25, 0.3) is 0 Å². The van der Waals surface area contributed by atoms with Gasteiger partial charge < -0.3 is 27.9 Å². The lowest BCUT2D eigenvalue weighted by Crippen LogP contribution is -2.37. The number of carbonyl (C=O) groups is 2. The zero-order valence-corrected chi connectivity index (χ0v) is 63.9. The molecule has 2 unspecified atom stereocenters. The number of phosphoric acid groups is 1. The molecule has 96 heavy (non-hydrogen) atoms. The Morgan fingerprint density at radius 3 is 0.896 bits per heavy atom. The summed E-state index contributed by atoms with van der Waals surface area (Å²) in [5.41, 5.74) is 0. The van der Waals surface area contributed by atoms with Crippen molar-refractivity contribution in [3.63, 3.8) is 0 Å². The summed E-state index contributed by atoms with van der Waals surface area (Å²) in [5, 5.41) is 0. The van der Waals surface area contributed by atoms with E-state index in [0.29, 0.717) is 17.4 Å². The van der Waals surface area contributed by atoms with E-state index in [-0.39, 0.29) is 26.1 Å². The molecule has 0 aliphatic carbocycles. The fourth-order valence-electron chi connectivity index (χ4n) is 11.1. The highest BCUT2D eigenvalue weighted by Crippen LogP contribution is 2.38. The molecule has 0 N–H and O–H groups in total.